The molecule has 0 aromatic rings. The van der Waals surface area contributed by atoms with Crippen molar-refractivity contribution in [3.63, 3.8) is 0 Å². The van der Waals surface area contributed by atoms with Crippen LogP contribution < -0.4 is 0 Å². The standard InChI is InChI=1S/C14H24N4O3/c1-15-10-18(21-3)14(20)16(2)12-6-8-17(9-7-12)13(19)11-4-5-11/h10-12H,4-9H2,1-3H3. The van der Waals surface area contributed by atoms with Gasteiger partial charge in [-0.1, -0.05) is 0 Å². The van der Waals surface area contributed by atoms with Crippen molar-refractivity contribution in [2.45, 2.75) is 31.7 Å². The second kappa shape index (κ2) is 6.89. The Morgan fingerprint density at radius 3 is 2.33 bits per heavy atom. The van der Waals surface area contributed by atoms with E-state index < -0.39 is 0 Å². The zero-order chi connectivity index (χ0) is 15.4. The lowest BCUT2D eigenvalue weighted by Gasteiger charge is -2.37. The van der Waals surface area contributed by atoms with Gasteiger partial charge in [0.15, 0.2) is 0 Å². The second-order valence-electron chi connectivity index (χ2n) is 5.61. The molecule has 0 bridgehead atoms. The molecule has 2 rings (SSSR count). The van der Waals surface area contributed by atoms with Crippen LogP contribution in [0.3, 0.4) is 0 Å². The Morgan fingerprint density at radius 1 is 1.24 bits per heavy atom. The van der Waals surface area contributed by atoms with E-state index in [2.05, 4.69) is 4.99 Å². The second-order valence-corrected chi connectivity index (χ2v) is 5.61. The first kappa shape index (κ1) is 15.8. The fraction of sp³-hybridized carbons (Fsp3) is 0.786. The highest BCUT2D eigenvalue weighted by Gasteiger charge is 2.36. The van der Waals surface area contributed by atoms with Gasteiger partial charge in [-0.15, -0.1) is 0 Å². The van der Waals surface area contributed by atoms with Crippen LogP contribution in [0.1, 0.15) is 25.7 Å². The molecule has 21 heavy (non-hydrogen) atoms. The van der Waals surface area contributed by atoms with E-state index in [1.807, 2.05) is 4.90 Å². The van der Waals surface area contributed by atoms with Crippen LogP contribution >= 0.6 is 0 Å². The Labute approximate surface area is 125 Å². The number of aliphatic imine (C=N–C) groups is 1. The molecule has 0 atom stereocenters. The number of likely N-dealkylation sites (tertiary alicyclic amines) is 1. The summed E-state index contributed by atoms with van der Waals surface area (Å²) < 4.78 is 0. The Hall–Kier alpha value is -1.63. The number of hydroxylamine groups is 2. The highest BCUT2D eigenvalue weighted by molar-refractivity contribution is 5.85. The van der Waals surface area contributed by atoms with Gasteiger partial charge in [-0.05, 0) is 25.7 Å². The van der Waals surface area contributed by atoms with Crippen LogP contribution in [-0.4, -0.2) is 73.5 Å². The van der Waals surface area contributed by atoms with E-state index in [0.29, 0.717) is 5.91 Å². The molecule has 1 saturated heterocycles. The largest absolute Gasteiger partial charge is 0.349 e. The molecule has 0 spiro atoms. The normalized spacial score (nSPS) is 19.9. The number of urea groups is 1. The van der Waals surface area contributed by atoms with Gasteiger partial charge in [-0.3, -0.25) is 14.6 Å². The van der Waals surface area contributed by atoms with Crippen molar-refractivity contribution in [2.24, 2.45) is 10.9 Å². The summed E-state index contributed by atoms with van der Waals surface area (Å²) in [7, 11) is 4.78. The lowest BCUT2D eigenvalue weighted by molar-refractivity contribution is -0.134. The molecular weight excluding hydrogens is 272 g/mol. The summed E-state index contributed by atoms with van der Waals surface area (Å²) in [5, 5.41) is 1.11. The first-order valence-corrected chi connectivity index (χ1v) is 7.39. The van der Waals surface area contributed by atoms with Crippen molar-refractivity contribution in [3.8, 4) is 0 Å². The SMILES string of the molecule is CN=CN(OC)C(=O)N(C)C1CCN(C(=O)C2CC2)CC1. The fourth-order valence-electron chi connectivity index (χ4n) is 2.65. The van der Waals surface area contributed by atoms with E-state index in [1.54, 1.807) is 19.0 Å². The van der Waals surface area contributed by atoms with Crippen molar-refractivity contribution in [1.29, 1.82) is 0 Å². The molecule has 1 aliphatic carbocycles. The Bertz CT molecular complexity index is 414. The zero-order valence-corrected chi connectivity index (χ0v) is 13.0. The summed E-state index contributed by atoms with van der Waals surface area (Å²) in [6.45, 7) is 1.46. The molecule has 0 aromatic heterocycles. The monoisotopic (exact) mass is 296 g/mol. The first-order chi connectivity index (χ1) is 10.1. The number of hydrogen-bond acceptors (Lipinski definition) is 4. The highest BCUT2D eigenvalue weighted by atomic mass is 16.7. The van der Waals surface area contributed by atoms with Crippen LogP contribution in [0.4, 0.5) is 4.79 Å². The molecule has 1 aliphatic heterocycles. The van der Waals surface area contributed by atoms with Crippen LogP contribution in [0.2, 0.25) is 0 Å². The van der Waals surface area contributed by atoms with Crippen molar-refractivity contribution >= 4 is 18.3 Å². The van der Waals surface area contributed by atoms with E-state index in [9.17, 15) is 9.59 Å². The minimum Gasteiger partial charge on any atom is -0.342 e. The lowest BCUT2D eigenvalue weighted by Crippen LogP contribution is -2.50. The quantitative estimate of drug-likeness (QED) is 0.441. The van der Waals surface area contributed by atoms with Gasteiger partial charge < -0.3 is 9.80 Å². The zero-order valence-electron chi connectivity index (χ0n) is 13.0. The van der Waals surface area contributed by atoms with Crippen LogP contribution in [0.25, 0.3) is 0 Å². The van der Waals surface area contributed by atoms with Crippen molar-refractivity contribution in [3.05, 3.63) is 0 Å². The third kappa shape index (κ3) is 3.72. The van der Waals surface area contributed by atoms with Gasteiger partial charge in [-0.2, -0.15) is 5.06 Å². The first-order valence-electron chi connectivity index (χ1n) is 7.39. The number of carbonyl (C=O) groups excluding carboxylic acids is 2. The number of rotatable bonds is 4. The number of piperidine rings is 1. The third-order valence-electron chi connectivity index (χ3n) is 4.16. The molecule has 118 valence electrons. The molecule has 7 nitrogen and oxygen atoms in total. The van der Waals surface area contributed by atoms with Crippen molar-refractivity contribution in [2.75, 3.05) is 34.3 Å². The van der Waals surface area contributed by atoms with Crippen LogP contribution in [0, 0.1) is 5.92 Å². The molecule has 3 amide bonds. The molecule has 1 saturated carbocycles. The average Bonchev–Trinajstić information content (AvgIpc) is 3.35. The van der Waals surface area contributed by atoms with E-state index >= 15 is 0 Å². The Kier molecular flexibility index (Phi) is 5.17. The summed E-state index contributed by atoms with van der Waals surface area (Å²) in [6.07, 6.45) is 5.04. The molecule has 0 unspecified atom stereocenters. The third-order valence-corrected chi connectivity index (χ3v) is 4.16. The number of hydrogen-bond donors (Lipinski definition) is 0. The van der Waals surface area contributed by atoms with Gasteiger partial charge in [0, 0.05) is 39.1 Å². The maximum absolute atomic E-state index is 12.3. The maximum atomic E-state index is 12.3. The molecule has 2 aliphatic rings. The molecular formula is C14H24N4O3. The van der Waals surface area contributed by atoms with Crippen molar-refractivity contribution < 1.29 is 14.4 Å². The smallest absolute Gasteiger partial charge is 0.342 e. The van der Waals surface area contributed by atoms with Crippen LogP contribution in [-0.2, 0) is 9.63 Å². The lowest BCUT2D eigenvalue weighted by atomic mass is 10.0. The average molecular weight is 296 g/mol. The van der Waals surface area contributed by atoms with E-state index in [-0.39, 0.29) is 18.0 Å². The van der Waals surface area contributed by atoms with Crippen LogP contribution in [0.15, 0.2) is 4.99 Å². The predicted octanol–water partition coefficient (Wildman–Crippen LogP) is 0.961. The molecule has 0 N–H and O–H groups in total. The van der Waals surface area contributed by atoms with Gasteiger partial charge in [-0.25, -0.2) is 4.79 Å². The predicted molar refractivity (Wildman–Crippen MR) is 78.7 cm³/mol. The number of nitrogens with zero attached hydrogens (tertiary/aromatic N) is 4. The van der Waals surface area contributed by atoms with E-state index in [1.165, 1.54) is 13.4 Å². The van der Waals surface area contributed by atoms with Crippen LogP contribution in [0.5, 0.6) is 0 Å². The summed E-state index contributed by atoms with van der Waals surface area (Å²) in [5.41, 5.74) is 0. The van der Waals surface area contributed by atoms with E-state index in [0.717, 1.165) is 43.8 Å². The topological polar surface area (TPSA) is 65.5 Å². The maximum Gasteiger partial charge on any atom is 0.349 e. The highest BCUT2D eigenvalue weighted by Crippen LogP contribution is 2.32. The molecule has 7 heteroatoms. The van der Waals surface area contributed by atoms with Gasteiger partial charge in [0.25, 0.3) is 0 Å². The van der Waals surface area contributed by atoms with Gasteiger partial charge >= 0.3 is 6.03 Å². The molecule has 0 radical (unpaired) electrons. The summed E-state index contributed by atoms with van der Waals surface area (Å²) >= 11 is 0. The van der Waals surface area contributed by atoms with E-state index in [4.69, 9.17) is 4.84 Å². The van der Waals surface area contributed by atoms with Gasteiger partial charge in [0.2, 0.25) is 5.91 Å². The van der Waals surface area contributed by atoms with Crippen molar-refractivity contribution in [1.82, 2.24) is 14.9 Å². The van der Waals surface area contributed by atoms with Gasteiger partial charge in [0.1, 0.15) is 6.34 Å². The summed E-state index contributed by atoms with van der Waals surface area (Å²) in [6, 6.07) is -0.112. The minimum absolute atomic E-state index is 0.128. The number of amides is 3. The fourth-order valence-corrected chi connectivity index (χ4v) is 2.65. The molecule has 1 heterocycles. The number of carbonyl (C=O) groups is 2. The Morgan fingerprint density at radius 2 is 1.86 bits per heavy atom. The summed E-state index contributed by atoms with van der Waals surface area (Å²) in [5.74, 6) is 0.560. The summed E-state index contributed by atoms with van der Waals surface area (Å²) in [4.78, 5) is 36.7. The molecule has 0 aromatic carbocycles. The molecule has 2 fully saturated rings. The minimum atomic E-state index is -0.241. The Balaban J connectivity index is 1.85. The van der Waals surface area contributed by atoms with Gasteiger partial charge in [0.05, 0.1) is 7.11 Å².